The van der Waals surface area contributed by atoms with Crippen LogP contribution in [0.4, 0.5) is 5.69 Å². The zero-order valence-electron chi connectivity index (χ0n) is 16.4. The van der Waals surface area contributed by atoms with Crippen molar-refractivity contribution in [3.8, 4) is 17.2 Å². The van der Waals surface area contributed by atoms with E-state index in [1.54, 1.807) is 18.2 Å². The number of benzene rings is 1. The van der Waals surface area contributed by atoms with Gasteiger partial charge in [0.05, 0.1) is 20.8 Å². The zero-order valence-corrected chi connectivity index (χ0v) is 17.3. The molecule has 0 aliphatic carbocycles. The highest BCUT2D eigenvalue weighted by Gasteiger charge is 2.14. The van der Waals surface area contributed by atoms with Crippen molar-refractivity contribution in [2.24, 2.45) is 0 Å². The number of nitrogens with zero attached hydrogens (tertiary/aromatic N) is 1. The molecule has 29 heavy (non-hydrogen) atoms. The van der Waals surface area contributed by atoms with Gasteiger partial charge in [-0.1, -0.05) is 0 Å². The standard InChI is InChI=1S/C20H24N2O6S/c1-25-17-4-3-14(9-18(17)26-2)21-20(24)13-28-19-12-27-15(10-16(19)23)11-22-5-7-29-8-6-22/h3-4,9-10,12H,5-8,11,13H2,1-2H3,(H,21,24). The fourth-order valence-corrected chi connectivity index (χ4v) is 3.84. The zero-order chi connectivity index (χ0) is 20.6. The number of nitrogens with one attached hydrogen (secondary N) is 1. The number of anilines is 1. The molecule has 1 N–H and O–H groups in total. The van der Waals surface area contributed by atoms with Gasteiger partial charge in [0.1, 0.15) is 12.0 Å². The average molecular weight is 420 g/mol. The molecule has 1 aromatic carbocycles. The molecule has 0 spiro atoms. The lowest BCUT2D eigenvalue weighted by Gasteiger charge is -2.25. The van der Waals surface area contributed by atoms with Gasteiger partial charge in [-0.2, -0.15) is 11.8 Å². The summed E-state index contributed by atoms with van der Waals surface area (Å²) in [6, 6.07) is 6.42. The summed E-state index contributed by atoms with van der Waals surface area (Å²) in [5, 5.41) is 2.68. The molecule has 1 fully saturated rings. The van der Waals surface area contributed by atoms with E-state index in [1.807, 2.05) is 11.8 Å². The molecule has 2 aromatic rings. The molecule has 0 saturated carbocycles. The second-order valence-corrected chi connectivity index (χ2v) is 7.59. The molecule has 0 unspecified atom stereocenters. The van der Waals surface area contributed by atoms with Gasteiger partial charge in [0, 0.05) is 42.4 Å². The Labute approximate surface area is 173 Å². The van der Waals surface area contributed by atoms with Gasteiger partial charge in [0.2, 0.25) is 11.2 Å². The maximum atomic E-state index is 12.2. The molecule has 0 atom stereocenters. The average Bonchev–Trinajstić information content (AvgIpc) is 2.73. The number of thioether (sulfide) groups is 1. The van der Waals surface area contributed by atoms with Gasteiger partial charge < -0.3 is 23.9 Å². The number of carbonyl (C=O) groups excluding carboxylic acids is 1. The van der Waals surface area contributed by atoms with Crippen LogP contribution in [0.1, 0.15) is 5.76 Å². The number of rotatable bonds is 8. The van der Waals surface area contributed by atoms with Crippen molar-refractivity contribution in [2.45, 2.75) is 6.54 Å². The largest absolute Gasteiger partial charge is 0.493 e. The minimum absolute atomic E-state index is 0.00501. The van der Waals surface area contributed by atoms with Crippen LogP contribution in [0.25, 0.3) is 0 Å². The van der Waals surface area contributed by atoms with E-state index >= 15 is 0 Å². The van der Waals surface area contributed by atoms with Crippen molar-refractivity contribution in [1.82, 2.24) is 4.90 Å². The normalized spacial score (nSPS) is 14.3. The highest BCUT2D eigenvalue weighted by molar-refractivity contribution is 7.99. The van der Waals surface area contributed by atoms with Gasteiger partial charge in [-0.3, -0.25) is 14.5 Å². The minimum atomic E-state index is -0.411. The molecule has 0 bridgehead atoms. The van der Waals surface area contributed by atoms with E-state index in [1.165, 1.54) is 26.5 Å². The van der Waals surface area contributed by atoms with Gasteiger partial charge in [-0.15, -0.1) is 0 Å². The van der Waals surface area contributed by atoms with Crippen LogP contribution >= 0.6 is 11.8 Å². The maximum Gasteiger partial charge on any atom is 0.262 e. The first kappa shape index (κ1) is 21.1. The molecule has 9 heteroatoms. The topological polar surface area (TPSA) is 90.2 Å². The summed E-state index contributed by atoms with van der Waals surface area (Å²) in [5.41, 5.74) is 0.217. The van der Waals surface area contributed by atoms with E-state index in [9.17, 15) is 9.59 Å². The number of hydrogen-bond acceptors (Lipinski definition) is 8. The summed E-state index contributed by atoms with van der Waals surface area (Å²) in [4.78, 5) is 26.6. The lowest BCUT2D eigenvalue weighted by Crippen LogP contribution is -2.32. The lowest BCUT2D eigenvalue weighted by molar-refractivity contribution is -0.118. The van der Waals surface area contributed by atoms with Crippen LogP contribution in [0.2, 0.25) is 0 Å². The van der Waals surface area contributed by atoms with Crippen LogP contribution in [0.3, 0.4) is 0 Å². The molecular weight excluding hydrogens is 396 g/mol. The van der Waals surface area contributed by atoms with Crippen molar-refractivity contribution in [3.63, 3.8) is 0 Å². The molecule has 2 heterocycles. The number of ether oxygens (including phenoxy) is 3. The SMILES string of the molecule is COc1ccc(NC(=O)COc2coc(CN3CCSCC3)cc2=O)cc1OC. The maximum absolute atomic E-state index is 12.2. The summed E-state index contributed by atoms with van der Waals surface area (Å²) in [5.74, 6) is 3.40. The van der Waals surface area contributed by atoms with Crippen LogP contribution in [0, 0.1) is 0 Å². The summed E-state index contributed by atoms with van der Waals surface area (Å²) in [6.45, 7) is 2.23. The van der Waals surface area contributed by atoms with E-state index in [-0.39, 0.29) is 17.8 Å². The van der Waals surface area contributed by atoms with E-state index < -0.39 is 5.91 Å². The Morgan fingerprint density at radius 1 is 1.14 bits per heavy atom. The van der Waals surface area contributed by atoms with E-state index in [0.717, 1.165) is 24.6 Å². The third-order valence-electron chi connectivity index (χ3n) is 4.36. The van der Waals surface area contributed by atoms with Crippen LogP contribution in [-0.4, -0.2) is 56.2 Å². The molecule has 1 amide bonds. The molecule has 1 aliphatic rings. The van der Waals surface area contributed by atoms with Crippen LogP contribution in [0.5, 0.6) is 17.2 Å². The Morgan fingerprint density at radius 3 is 2.59 bits per heavy atom. The van der Waals surface area contributed by atoms with Crippen molar-refractivity contribution < 1.29 is 23.4 Å². The first-order valence-corrected chi connectivity index (χ1v) is 10.3. The fourth-order valence-electron chi connectivity index (χ4n) is 2.86. The molecule has 1 aromatic heterocycles. The van der Waals surface area contributed by atoms with Crippen molar-refractivity contribution in [3.05, 3.63) is 46.5 Å². The smallest absolute Gasteiger partial charge is 0.262 e. The summed E-state index contributed by atoms with van der Waals surface area (Å²) in [6.07, 6.45) is 1.26. The van der Waals surface area contributed by atoms with E-state index in [4.69, 9.17) is 18.6 Å². The predicted octanol–water partition coefficient (Wildman–Crippen LogP) is 2.22. The molecule has 8 nitrogen and oxygen atoms in total. The van der Waals surface area contributed by atoms with E-state index in [2.05, 4.69) is 10.2 Å². The molecule has 1 saturated heterocycles. The third-order valence-corrected chi connectivity index (χ3v) is 5.30. The van der Waals surface area contributed by atoms with Crippen LogP contribution < -0.4 is 25.0 Å². The number of amides is 1. The van der Waals surface area contributed by atoms with Gasteiger partial charge in [-0.25, -0.2) is 0 Å². The lowest BCUT2D eigenvalue weighted by atomic mass is 10.2. The van der Waals surface area contributed by atoms with Crippen molar-refractivity contribution >= 4 is 23.4 Å². The molecule has 3 rings (SSSR count). The number of carbonyl (C=O) groups is 1. The fraction of sp³-hybridized carbons (Fsp3) is 0.400. The third kappa shape index (κ3) is 5.91. The highest BCUT2D eigenvalue weighted by atomic mass is 32.2. The first-order chi connectivity index (χ1) is 14.1. The van der Waals surface area contributed by atoms with E-state index in [0.29, 0.717) is 29.5 Å². The summed E-state index contributed by atoms with van der Waals surface area (Å²) in [7, 11) is 3.05. The second-order valence-electron chi connectivity index (χ2n) is 6.37. The van der Waals surface area contributed by atoms with Crippen molar-refractivity contribution in [1.29, 1.82) is 0 Å². The van der Waals surface area contributed by atoms with Crippen LogP contribution in [-0.2, 0) is 11.3 Å². The molecule has 1 aliphatic heterocycles. The predicted molar refractivity (Wildman–Crippen MR) is 111 cm³/mol. The Balaban J connectivity index is 1.54. The monoisotopic (exact) mass is 420 g/mol. The molecule has 156 valence electrons. The van der Waals surface area contributed by atoms with Crippen LogP contribution in [0.15, 0.2) is 39.7 Å². The quantitative estimate of drug-likeness (QED) is 0.695. The molecular formula is C20H24N2O6S. The summed E-state index contributed by atoms with van der Waals surface area (Å²) < 4.78 is 21.2. The highest BCUT2D eigenvalue weighted by Crippen LogP contribution is 2.29. The molecule has 0 radical (unpaired) electrons. The Bertz CT molecular complexity index is 895. The number of hydrogen-bond donors (Lipinski definition) is 1. The van der Waals surface area contributed by atoms with Gasteiger partial charge in [-0.05, 0) is 12.1 Å². The second kappa shape index (κ2) is 10.2. The van der Waals surface area contributed by atoms with Gasteiger partial charge >= 0.3 is 0 Å². The Kier molecular flexibility index (Phi) is 7.42. The van der Waals surface area contributed by atoms with Crippen molar-refractivity contribution in [2.75, 3.05) is 50.7 Å². The summed E-state index contributed by atoms with van der Waals surface area (Å²) >= 11 is 1.92. The Morgan fingerprint density at radius 2 is 1.90 bits per heavy atom. The first-order valence-electron chi connectivity index (χ1n) is 9.15. The Hall–Kier alpha value is -2.65. The minimum Gasteiger partial charge on any atom is -0.493 e. The number of methoxy groups -OCH3 is 2. The van der Waals surface area contributed by atoms with Gasteiger partial charge in [0.25, 0.3) is 5.91 Å². The van der Waals surface area contributed by atoms with Gasteiger partial charge in [0.15, 0.2) is 18.1 Å².